The van der Waals surface area contributed by atoms with Gasteiger partial charge in [-0.25, -0.2) is 14.6 Å². The number of alkyl halides is 3. The van der Waals surface area contributed by atoms with Gasteiger partial charge in [-0.1, -0.05) is 17.7 Å². The minimum absolute atomic E-state index is 0.0724. The molecule has 0 spiro atoms. The lowest BCUT2D eigenvalue weighted by Crippen LogP contribution is -2.18. The maximum atomic E-state index is 13.8. The topological polar surface area (TPSA) is 113 Å². The van der Waals surface area contributed by atoms with Crippen LogP contribution in [0.15, 0.2) is 61.2 Å². The Morgan fingerprint density at radius 1 is 1.14 bits per heavy atom. The zero-order chi connectivity index (χ0) is 25.4. The maximum absolute atomic E-state index is 13.8. The van der Waals surface area contributed by atoms with Crippen LogP contribution in [0.5, 0.6) is 5.88 Å². The van der Waals surface area contributed by atoms with Crippen molar-refractivity contribution < 1.29 is 22.7 Å². The highest BCUT2D eigenvalue weighted by Crippen LogP contribution is 2.33. The summed E-state index contributed by atoms with van der Waals surface area (Å²) in [5.74, 6) is -0.515. The SMILES string of the molecule is COc1ccc2c(-n3cc(C(=O)Nc4cnc(-n5nccn5)c(Cl)c4)c(C(F)(F)F)n3)cccc2n1. The number of pyridine rings is 2. The number of hydrogen-bond acceptors (Lipinski definition) is 7. The highest BCUT2D eigenvalue weighted by atomic mass is 35.5. The standard InChI is InChI=1S/C22H14ClF3N8O2/c1-36-18-6-5-13-16(31-18)3-2-4-17(13)33-11-14(19(32-33)22(24,25)26)21(35)30-12-9-15(23)20(27-10-12)34-28-7-8-29-34/h2-11H,1H3,(H,30,35). The molecule has 0 aliphatic rings. The summed E-state index contributed by atoms with van der Waals surface area (Å²) in [4.78, 5) is 22.4. The lowest BCUT2D eigenvalue weighted by atomic mass is 10.2. The number of anilines is 1. The first-order valence-corrected chi connectivity index (χ1v) is 10.6. The van der Waals surface area contributed by atoms with Crippen molar-refractivity contribution in [1.29, 1.82) is 0 Å². The summed E-state index contributed by atoms with van der Waals surface area (Å²) in [6.45, 7) is 0. The van der Waals surface area contributed by atoms with Crippen LogP contribution in [0, 0.1) is 0 Å². The van der Waals surface area contributed by atoms with Crippen LogP contribution in [0.1, 0.15) is 16.1 Å². The molecule has 4 heterocycles. The number of nitrogens with one attached hydrogen (secondary N) is 1. The molecule has 0 saturated heterocycles. The number of ether oxygens (including phenoxy) is 1. The number of benzene rings is 1. The van der Waals surface area contributed by atoms with Gasteiger partial charge in [-0.05, 0) is 24.3 Å². The Morgan fingerprint density at radius 2 is 1.92 bits per heavy atom. The number of rotatable bonds is 5. The minimum atomic E-state index is -4.89. The van der Waals surface area contributed by atoms with Crippen LogP contribution in [0.3, 0.4) is 0 Å². The Labute approximate surface area is 205 Å². The second-order valence-electron chi connectivity index (χ2n) is 7.33. The molecule has 0 unspecified atom stereocenters. The van der Waals surface area contributed by atoms with E-state index >= 15 is 0 Å². The van der Waals surface area contributed by atoms with Crippen molar-refractivity contribution in [3.8, 4) is 17.4 Å². The molecule has 0 bridgehead atoms. The van der Waals surface area contributed by atoms with Gasteiger partial charge in [0.1, 0.15) is 0 Å². The molecule has 0 atom stereocenters. The van der Waals surface area contributed by atoms with E-state index in [1.54, 1.807) is 30.3 Å². The van der Waals surface area contributed by atoms with E-state index in [0.717, 1.165) is 15.7 Å². The molecule has 36 heavy (non-hydrogen) atoms. The molecule has 0 fully saturated rings. The number of amides is 1. The van der Waals surface area contributed by atoms with Gasteiger partial charge in [0.25, 0.3) is 5.91 Å². The highest BCUT2D eigenvalue weighted by Gasteiger charge is 2.39. The van der Waals surface area contributed by atoms with Gasteiger partial charge >= 0.3 is 6.18 Å². The molecule has 10 nitrogen and oxygen atoms in total. The Balaban J connectivity index is 1.51. The zero-order valence-electron chi connectivity index (χ0n) is 18.2. The summed E-state index contributed by atoms with van der Waals surface area (Å²) in [6, 6.07) is 9.41. The molecule has 0 radical (unpaired) electrons. The zero-order valence-corrected chi connectivity index (χ0v) is 19.0. The van der Waals surface area contributed by atoms with Crippen LogP contribution in [-0.2, 0) is 6.18 Å². The van der Waals surface area contributed by atoms with E-state index in [9.17, 15) is 18.0 Å². The Kier molecular flexibility index (Phi) is 5.76. The van der Waals surface area contributed by atoms with Crippen LogP contribution < -0.4 is 10.1 Å². The van der Waals surface area contributed by atoms with Gasteiger partial charge in [0.2, 0.25) is 5.88 Å². The molecule has 5 rings (SSSR count). The highest BCUT2D eigenvalue weighted by molar-refractivity contribution is 6.32. The lowest BCUT2D eigenvalue weighted by Gasteiger charge is -2.08. The van der Waals surface area contributed by atoms with E-state index in [0.29, 0.717) is 22.5 Å². The summed E-state index contributed by atoms with van der Waals surface area (Å²) in [5, 5.41) is 14.5. The van der Waals surface area contributed by atoms with Crippen LogP contribution in [0.4, 0.5) is 18.9 Å². The first kappa shape index (κ1) is 23.2. The molecule has 1 amide bonds. The van der Waals surface area contributed by atoms with Crippen molar-refractivity contribution in [3.05, 3.63) is 77.5 Å². The van der Waals surface area contributed by atoms with Crippen molar-refractivity contribution in [2.75, 3.05) is 12.4 Å². The predicted octanol–water partition coefficient (Wildman–Crippen LogP) is 4.33. The number of hydrogen-bond donors (Lipinski definition) is 1. The molecule has 0 saturated carbocycles. The van der Waals surface area contributed by atoms with E-state index < -0.39 is 23.3 Å². The maximum Gasteiger partial charge on any atom is 0.435 e. The number of methoxy groups -OCH3 is 1. The normalized spacial score (nSPS) is 11.6. The van der Waals surface area contributed by atoms with E-state index in [2.05, 4.69) is 30.6 Å². The number of halogens is 4. The monoisotopic (exact) mass is 514 g/mol. The molecule has 0 aliphatic carbocycles. The van der Waals surface area contributed by atoms with Crippen molar-refractivity contribution in [2.24, 2.45) is 0 Å². The predicted molar refractivity (Wildman–Crippen MR) is 123 cm³/mol. The van der Waals surface area contributed by atoms with Gasteiger partial charge in [0.15, 0.2) is 11.5 Å². The Bertz CT molecular complexity index is 1580. The fourth-order valence-electron chi connectivity index (χ4n) is 3.48. The van der Waals surface area contributed by atoms with Crippen LogP contribution in [-0.4, -0.2) is 47.8 Å². The molecular formula is C22H14ClF3N8O2. The van der Waals surface area contributed by atoms with Crippen molar-refractivity contribution in [2.45, 2.75) is 6.18 Å². The fraction of sp³-hybridized carbons (Fsp3) is 0.0909. The third kappa shape index (κ3) is 4.31. The fourth-order valence-corrected chi connectivity index (χ4v) is 3.72. The third-order valence-electron chi connectivity index (χ3n) is 5.05. The van der Waals surface area contributed by atoms with E-state index in [4.69, 9.17) is 16.3 Å². The second-order valence-corrected chi connectivity index (χ2v) is 7.74. The van der Waals surface area contributed by atoms with Crippen LogP contribution in [0.2, 0.25) is 5.02 Å². The summed E-state index contributed by atoms with van der Waals surface area (Å²) >= 11 is 6.19. The van der Waals surface area contributed by atoms with Gasteiger partial charge in [0.05, 0.1) is 53.2 Å². The molecule has 14 heteroatoms. The van der Waals surface area contributed by atoms with Crippen molar-refractivity contribution >= 4 is 34.1 Å². The lowest BCUT2D eigenvalue weighted by molar-refractivity contribution is -0.141. The first-order chi connectivity index (χ1) is 17.2. The molecule has 1 aromatic carbocycles. The summed E-state index contributed by atoms with van der Waals surface area (Å²) in [6.07, 6.45) is 0.187. The van der Waals surface area contributed by atoms with Gasteiger partial charge in [-0.3, -0.25) is 4.79 Å². The number of carbonyl (C=O) groups is 1. The smallest absolute Gasteiger partial charge is 0.435 e. The molecule has 1 N–H and O–H groups in total. The van der Waals surface area contributed by atoms with Gasteiger partial charge in [-0.2, -0.15) is 28.5 Å². The van der Waals surface area contributed by atoms with Crippen molar-refractivity contribution in [1.82, 2.24) is 34.7 Å². The average Bonchev–Trinajstić information content (AvgIpc) is 3.54. The number of nitrogens with zero attached hydrogens (tertiary/aromatic N) is 7. The molecule has 5 aromatic rings. The Morgan fingerprint density at radius 3 is 2.61 bits per heavy atom. The first-order valence-electron chi connectivity index (χ1n) is 10.2. The summed E-state index contributed by atoms with van der Waals surface area (Å²) in [5.41, 5.74) is -1.18. The number of aromatic nitrogens is 7. The van der Waals surface area contributed by atoms with Gasteiger partial charge in [-0.15, -0.1) is 4.80 Å². The number of carbonyl (C=O) groups excluding carboxylic acids is 1. The Hall–Kier alpha value is -4.52. The average molecular weight is 515 g/mol. The van der Waals surface area contributed by atoms with E-state index in [1.807, 2.05) is 0 Å². The minimum Gasteiger partial charge on any atom is -0.481 e. The summed E-state index contributed by atoms with van der Waals surface area (Å²) < 4.78 is 47.6. The third-order valence-corrected chi connectivity index (χ3v) is 5.33. The number of fused-ring (bicyclic) bond motifs is 1. The summed E-state index contributed by atoms with van der Waals surface area (Å²) in [7, 11) is 1.45. The molecule has 4 aromatic heterocycles. The molecular weight excluding hydrogens is 501 g/mol. The van der Waals surface area contributed by atoms with Gasteiger partial charge < -0.3 is 10.1 Å². The van der Waals surface area contributed by atoms with Crippen molar-refractivity contribution in [3.63, 3.8) is 0 Å². The van der Waals surface area contributed by atoms with Gasteiger partial charge in [0, 0.05) is 17.6 Å². The molecule has 0 aliphatic heterocycles. The van der Waals surface area contributed by atoms with E-state index in [-0.39, 0.29) is 16.5 Å². The quantitative estimate of drug-likeness (QED) is 0.371. The van der Waals surface area contributed by atoms with Crippen LogP contribution in [0.25, 0.3) is 22.4 Å². The van der Waals surface area contributed by atoms with Crippen LogP contribution >= 0.6 is 11.6 Å². The largest absolute Gasteiger partial charge is 0.481 e. The molecule has 182 valence electrons. The van der Waals surface area contributed by atoms with E-state index in [1.165, 1.54) is 31.8 Å². The second kappa shape index (κ2) is 8.92.